The van der Waals surface area contributed by atoms with E-state index in [0.717, 1.165) is 26.9 Å². The number of rotatable bonds is 6. The lowest BCUT2D eigenvalue weighted by molar-refractivity contribution is -0.119. The molecule has 3 rings (SSSR count). The summed E-state index contributed by atoms with van der Waals surface area (Å²) in [5, 5.41) is 4.95. The molecule has 0 aromatic heterocycles. The molecule has 0 bridgehead atoms. The van der Waals surface area contributed by atoms with Crippen molar-refractivity contribution >= 4 is 44.0 Å². The van der Waals surface area contributed by atoms with Gasteiger partial charge in [-0.05, 0) is 23.1 Å². The van der Waals surface area contributed by atoms with E-state index in [2.05, 4.69) is 5.32 Å². The highest BCUT2D eigenvalue weighted by Gasteiger charge is 2.22. The Morgan fingerprint density at radius 1 is 1.00 bits per heavy atom. The normalized spacial score (nSPS) is 11.3. The molecule has 0 aliphatic heterocycles. The van der Waals surface area contributed by atoms with E-state index in [0.29, 0.717) is 10.7 Å². The Morgan fingerprint density at radius 3 is 2.41 bits per heavy atom. The van der Waals surface area contributed by atoms with Gasteiger partial charge >= 0.3 is 0 Å². The van der Waals surface area contributed by atoms with Crippen molar-refractivity contribution in [3.63, 3.8) is 0 Å². The fourth-order valence-electron chi connectivity index (χ4n) is 2.83. The highest BCUT2D eigenvalue weighted by Crippen LogP contribution is 2.28. The fourth-order valence-corrected chi connectivity index (χ4v) is 3.90. The van der Waals surface area contributed by atoms with Crippen LogP contribution in [0.2, 0.25) is 5.02 Å². The molecule has 0 heterocycles. The van der Waals surface area contributed by atoms with Gasteiger partial charge in [-0.3, -0.25) is 9.10 Å². The first-order valence-corrected chi connectivity index (χ1v) is 10.5. The first-order valence-electron chi connectivity index (χ1n) is 8.32. The summed E-state index contributed by atoms with van der Waals surface area (Å²) in [6.45, 7) is -0.0804. The van der Waals surface area contributed by atoms with Gasteiger partial charge in [0.2, 0.25) is 15.9 Å². The number of nitrogens with one attached hydrogen (secondary N) is 1. The third-order valence-corrected chi connectivity index (χ3v) is 5.65. The third-order valence-electron chi connectivity index (χ3n) is 4.16. The number of hydrogen-bond donors (Lipinski definition) is 1. The number of amides is 1. The number of anilines is 1. The molecule has 0 unspecified atom stereocenters. The van der Waals surface area contributed by atoms with Crippen LogP contribution in [0.25, 0.3) is 10.8 Å². The average Bonchev–Trinajstić information content (AvgIpc) is 2.64. The zero-order valence-corrected chi connectivity index (χ0v) is 16.3. The molecule has 0 spiro atoms. The Balaban J connectivity index is 1.84. The summed E-state index contributed by atoms with van der Waals surface area (Å²) < 4.78 is 25.9. The maximum atomic E-state index is 12.4. The maximum Gasteiger partial charge on any atom is 0.241 e. The van der Waals surface area contributed by atoms with E-state index >= 15 is 0 Å². The van der Waals surface area contributed by atoms with E-state index < -0.39 is 15.9 Å². The lowest BCUT2D eigenvalue weighted by Gasteiger charge is -2.23. The molecule has 0 saturated carbocycles. The first kappa shape index (κ1) is 19.2. The first-order chi connectivity index (χ1) is 12.9. The van der Waals surface area contributed by atoms with Gasteiger partial charge in [0.25, 0.3) is 0 Å². The number of fused-ring (bicyclic) bond motifs is 1. The van der Waals surface area contributed by atoms with Gasteiger partial charge in [0.1, 0.15) is 6.54 Å². The summed E-state index contributed by atoms with van der Waals surface area (Å²) in [5.41, 5.74) is 1.24. The fraction of sp³-hybridized carbons (Fsp3) is 0.150. The predicted octanol–water partition coefficient (Wildman–Crippen LogP) is 3.58. The van der Waals surface area contributed by atoms with Crippen LogP contribution in [-0.2, 0) is 21.4 Å². The van der Waals surface area contributed by atoms with Crippen molar-refractivity contribution in [2.45, 2.75) is 6.54 Å². The second-order valence-corrected chi connectivity index (χ2v) is 8.45. The van der Waals surface area contributed by atoms with E-state index in [1.807, 2.05) is 42.5 Å². The molecule has 5 nitrogen and oxygen atoms in total. The summed E-state index contributed by atoms with van der Waals surface area (Å²) in [6, 6.07) is 20.0. The van der Waals surface area contributed by atoms with Crippen molar-refractivity contribution < 1.29 is 13.2 Å². The second-order valence-electron chi connectivity index (χ2n) is 6.14. The summed E-state index contributed by atoms with van der Waals surface area (Å²) in [4.78, 5) is 12.4. The zero-order valence-electron chi connectivity index (χ0n) is 14.7. The Morgan fingerprint density at radius 2 is 1.67 bits per heavy atom. The number of carbonyl (C=O) groups excluding carboxylic acids is 1. The molecule has 1 N–H and O–H groups in total. The van der Waals surface area contributed by atoms with Crippen LogP contribution in [0.1, 0.15) is 5.56 Å². The SMILES string of the molecule is CS(=O)(=O)N(CC(=O)NCc1ccccc1Cl)c1cccc2ccccc12. The molecule has 0 fully saturated rings. The summed E-state index contributed by atoms with van der Waals surface area (Å²) in [6.07, 6.45) is 1.09. The van der Waals surface area contributed by atoms with Crippen molar-refractivity contribution in [1.82, 2.24) is 5.32 Å². The molecule has 3 aromatic rings. The van der Waals surface area contributed by atoms with Crippen molar-refractivity contribution in [2.75, 3.05) is 17.1 Å². The topological polar surface area (TPSA) is 66.5 Å². The minimum Gasteiger partial charge on any atom is -0.350 e. The minimum atomic E-state index is -3.65. The lowest BCUT2D eigenvalue weighted by Crippen LogP contribution is -2.40. The van der Waals surface area contributed by atoms with Crippen LogP contribution in [0.5, 0.6) is 0 Å². The predicted molar refractivity (Wildman–Crippen MR) is 109 cm³/mol. The van der Waals surface area contributed by atoms with Crippen molar-refractivity contribution in [2.24, 2.45) is 0 Å². The van der Waals surface area contributed by atoms with Crippen LogP contribution in [0, 0.1) is 0 Å². The number of nitrogens with zero attached hydrogens (tertiary/aromatic N) is 1. The van der Waals surface area contributed by atoms with Gasteiger partial charge in [0.05, 0.1) is 11.9 Å². The molecular formula is C20H19ClN2O3S. The maximum absolute atomic E-state index is 12.4. The van der Waals surface area contributed by atoms with Crippen molar-refractivity contribution in [1.29, 1.82) is 0 Å². The molecule has 0 atom stereocenters. The van der Waals surface area contributed by atoms with Crippen LogP contribution in [0.15, 0.2) is 66.7 Å². The van der Waals surface area contributed by atoms with E-state index in [9.17, 15) is 13.2 Å². The van der Waals surface area contributed by atoms with E-state index in [1.54, 1.807) is 24.3 Å². The highest BCUT2D eigenvalue weighted by molar-refractivity contribution is 7.92. The van der Waals surface area contributed by atoms with E-state index in [1.165, 1.54) is 0 Å². The van der Waals surface area contributed by atoms with Crippen LogP contribution in [0.4, 0.5) is 5.69 Å². The molecule has 0 aliphatic rings. The van der Waals surface area contributed by atoms with Crippen LogP contribution < -0.4 is 9.62 Å². The van der Waals surface area contributed by atoms with Crippen LogP contribution in [0.3, 0.4) is 0 Å². The minimum absolute atomic E-state index is 0.228. The molecule has 0 saturated heterocycles. The smallest absolute Gasteiger partial charge is 0.241 e. The van der Waals surface area contributed by atoms with Gasteiger partial charge in [-0.1, -0.05) is 66.2 Å². The van der Waals surface area contributed by atoms with Gasteiger partial charge in [0, 0.05) is 17.0 Å². The van der Waals surface area contributed by atoms with Crippen molar-refractivity contribution in [3.8, 4) is 0 Å². The molecule has 3 aromatic carbocycles. The number of sulfonamides is 1. The molecule has 27 heavy (non-hydrogen) atoms. The largest absolute Gasteiger partial charge is 0.350 e. The Bertz CT molecular complexity index is 1080. The third kappa shape index (κ3) is 4.59. The van der Waals surface area contributed by atoms with Gasteiger partial charge in [-0.25, -0.2) is 8.42 Å². The Kier molecular flexibility index (Phi) is 5.68. The van der Waals surface area contributed by atoms with E-state index in [4.69, 9.17) is 11.6 Å². The van der Waals surface area contributed by atoms with Gasteiger partial charge in [-0.2, -0.15) is 0 Å². The summed E-state index contributed by atoms with van der Waals surface area (Å²) >= 11 is 6.09. The standard InChI is InChI=1S/C20H19ClN2O3S/c1-27(25,26)23(19-12-6-9-15-7-2-4-10-17(15)19)14-20(24)22-13-16-8-3-5-11-18(16)21/h2-12H,13-14H2,1H3,(H,22,24). The number of carbonyl (C=O) groups is 1. The van der Waals surface area contributed by atoms with Gasteiger partial charge < -0.3 is 5.32 Å². The van der Waals surface area contributed by atoms with E-state index in [-0.39, 0.29) is 13.1 Å². The van der Waals surface area contributed by atoms with Crippen LogP contribution >= 0.6 is 11.6 Å². The molecule has 140 valence electrons. The molecule has 0 radical (unpaired) electrons. The molecular weight excluding hydrogens is 384 g/mol. The monoisotopic (exact) mass is 402 g/mol. The number of hydrogen-bond acceptors (Lipinski definition) is 3. The summed E-state index contributed by atoms with van der Waals surface area (Å²) in [5.74, 6) is -0.409. The quantitative estimate of drug-likeness (QED) is 0.685. The van der Waals surface area contributed by atoms with Crippen molar-refractivity contribution in [3.05, 3.63) is 77.3 Å². The van der Waals surface area contributed by atoms with Crippen LogP contribution in [-0.4, -0.2) is 27.1 Å². The van der Waals surface area contributed by atoms with Gasteiger partial charge in [-0.15, -0.1) is 0 Å². The molecule has 0 aliphatic carbocycles. The second kappa shape index (κ2) is 7.98. The van der Waals surface area contributed by atoms with Gasteiger partial charge in [0.15, 0.2) is 0 Å². The highest BCUT2D eigenvalue weighted by atomic mass is 35.5. The summed E-state index contributed by atoms with van der Waals surface area (Å²) in [7, 11) is -3.65. The molecule has 1 amide bonds. The average molecular weight is 403 g/mol. The lowest BCUT2D eigenvalue weighted by atomic mass is 10.1. The zero-order chi connectivity index (χ0) is 19.4. The number of benzene rings is 3. The molecule has 7 heteroatoms. The Labute approximate surface area is 163 Å². The Hall–Kier alpha value is -2.57. The number of halogens is 1.